The summed E-state index contributed by atoms with van der Waals surface area (Å²) in [6.07, 6.45) is 5.71. The predicted molar refractivity (Wildman–Crippen MR) is 64.3 cm³/mol. The Hall–Kier alpha value is -0.840. The number of hydrogen-bond donors (Lipinski definition) is 1. The van der Waals surface area contributed by atoms with Crippen LogP contribution in [-0.4, -0.2) is 29.5 Å². The monoisotopic (exact) mass is 241 g/mol. The number of rotatable bonds is 4. The molecule has 1 unspecified atom stereocenters. The molecule has 1 heterocycles. The first-order valence-corrected chi connectivity index (χ1v) is 5.77. The van der Waals surface area contributed by atoms with Gasteiger partial charge in [-0.3, -0.25) is 4.68 Å². The summed E-state index contributed by atoms with van der Waals surface area (Å²) in [5.41, 5.74) is 8.05. The first-order valence-electron chi connectivity index (χ1n) is 5.39. The number of halogens is 1. The van der Waals surface area contributed by atoms with Gasteiger partial charge in [0.05, 0.1) is 30.1 Å². The van der Waals surface area contributed by atoms with Crippen molar-refractivity contribution in [3.8, 4) is 0 Å². The molecule has 1 atom stereocenters. The lowest BCUT2D eigenvalue weighted by molar-refractivity contribution is 0.183. The lowest BCUT2D eigenvalue weighted by Gasteiger charge is -2.08. The molecule has 2 N–H and O–H groups in total. The SMILES string of the molecule is COCCn1ncc(Cl)c1C1=CC(N)CC1. The smallest absolute Gasteiger partial charge is 0.0862 e. The average Bonchev–Trinajstić information content (AvgIpc) is 2.82. The molecule has 0 amide bonds. The number of ether oxygens (including phenoxy) is 1. The van der Waals surface area contributed by atoms with Gasteiger partial charge in [0.2, 0.25) is 0 Å². The first kappa shape index (κ1) is 11.6. The predicted octanol–water partition coefficient (Wildman–Crippen LogP) is 1.69. The molecule has 0 bridgehead atoms. The van der Waals surface area contributed by atoms with E-state index in [1.165, 1.54) is 5.57 Å². The van der Waals surface area contributed by atoms with Crippen LogP contribution in [0.3, 0.4) is 0 Å². The van der Waals surface area contributed by atoms with Gasteiger partial charge in [0, 0.05) is 13.2 Å². The molecule has 1 aromatic heterocycles. The van der Waals surface area contributed by atoms with Gasteiger partial charge in [-0.2, -0.15) is 5.10 Å². The van der Waals surface area contributed by atoms with E-state index in [1.54, 1.807) is 13.3 Å². The molecule has 2 rings (SSSR count). The Morgan fingerprint density at radius 3 is 3.12 bits per heavy atom. The third-order valence-corrected chi connectivity index (χ3v) is 3.05. The second kappa shape index (κ2) is 4.99. The minimum atomic E-state index is 0.150. The standard InChI is InChI=1S/C11H16ClN3O/c1-16-5-4-15-11(10(12)7-14-15)8-2-3-9(13)6-8/h6-7,9H,2-5,13H2,1H3. The van der Waals surface area contributed by atoms with E-state index in [9.17, 15) is 0 Å². The maximum absolute atomic E-state index is 6.15. The minimum Gasteiger partial charge on any atom is -0.383 e. The molecule has 4 nitrogen and oxygen atoms in total. The van der Waals surface area contributed by atoms with Crippen LogP contribution < -0.4 is 5.73 Å². The Balaban J connectivity index is 2.25. The molecule has 1 aliphatic rings. The van der Waals surface area contributed by atoms with Crippen molar-refractivity contribution in [3.05, 3.63) is 23.0 Å². The normalized spacial score (nSPS) is 20.2. The molecule has 0 spiro atoms. The Morgan fingerprint density at radius 2 is 2.50 bits per heavy atom. The van der Waals surface area contributed by atoms with E-state index in [4.69, 9.17) is 22.1 Å². The van der Waals surface area contributed by atoms with Gasteiger partial charge in [0.25, 0.3) is 0 Å². The number of aromatic nitrogens is 2. The van der Waals surface area contributed by atoms with Gasteiger partial charge in [-0.1, -0.05) is 17.7 Å². The zero-order valence-corrected chi connectivity index (χ0v) is 10.1. The molecule has 88 valence electrons. The van der Waals surface area contributed by atoms with E-state index < -0.39 is 0 Å². The van der Waals surface area contributed by atoms with Gasteiger partial charge < -0.3 is 10.5 Å². The fourth-order valence-corrected chi connectivity index (χ4v) is 2.24. The van der Waals surface area contributed by atoms with Crippen LogP contribution in [-0.2, 0) is 11.3 Å². The average molecular weight is 242 g/mol. The molecule has 1 aromatic rings. The van der Waals surface area contributed by atoms with Crippen molar-refractivity contribution in [1.82, 2.24) is 9.78 Å². The molecule has 0 aliphatic heterocycles. The Morgan fingerprint density at radius 1 is 1.69 bits per heavy atom. The van der Waals surface area contributed by atoms with E-state index in [-0.39, 0.29) is 6.04 Å². The van der Waals surface area contributed by atoms with Crippen molar-refractivity contribution in [3.63, 3.8) is 0 Å². The molecule has 0 fully saturated rings. The third kappa shape index (κ3) is 2.29. The summed E-state index contributed by atoms with van der Waals surface area (Å²) < 4.78 is 6.93. The summed E-state index contributed by atoms with van der Waals surface area (Å²) in [7, 11) is 1.68. The van der Waals surface area contributed by atoms with Gasteiger partial charge in [-0.15, -0.1) is 0 Å². The summed E-state index contributed by atoms with van der Waals surface area (Å²) in [6.45, 7) is 1.34. The van der Waals surface area contributed by atoms with E-state index in [1.807, 2.05) is 4.68 Å². The molecular formula is C11H16ClN3O. The van der Waals surface area contributed by atoms with Crippen LogP contribution in [0.5, 0.6) is 0 Å². The summed E-state index contributed by atoms with van der Waals surface area (Å²) >= 11 is 6.15. The van der Waals surface area contributed by atoms with Gasteiger partial charge in [-0.25, -0.2) is 0 Å². The maximum Gasteiger partial charge on any atom is 0.0862 e. The van der Waals surface area contributed by atoms with E-state index in [2.05, 4.69) is 11.2 Å². The highest BCUT2D eigenvalue weighted by atomic mass is 35.5. The van der Waals surface area contributed by atoms with Crippen molar-refractivity contribution in [2.75, 3.05) is 13.7 Å². The second-order valence-corrected chi connectivity index (χ2v) is 4.36. The highest BCUT2D eigenvalue weighted by molar-refractivity contribution is 6.32. The van der Waals surface area contributed by atoms with Gasteiger partial charge >= 0.3 is 0 Å². The third-order valence-electron chi connectivity index (χ3n) is 2.77. The van der Waals surface area contributed by atoms with Crippen LogP contribution in [0.25, 0.3) is 5.57 Å². The molecule has 0 radical (unpaired) electrons. The van der Waals surface area contributed by atoms with Gasteiger partial charge in [-0.05, 0) is 18.4 Å². The van der Waals surface area contributed by atoms with Crippen LogP contribution in [0.1, 0.15) is 18.5 Å². The lowest BCUT2D eigenvalue weighted by Crippen LogP contribution is -2.12. The highest BCUT2D eigenvalue weighted by Gasteiger charge is 2.19. The van der Waals surface area contributed by atoms with E-state index in [0.29, 0.717) is 18.2 Å². The second-order valence-electron chi connectivity index (χ2n) is 3.95. The van der Waals surface area contributed by atoms with Crippen molar-refractivity contribution in [2.45, 2.75) is 25.4 Å². The van der Waals surface area contributed by atoms with Crippen LogP contribution in [0.4, 0.5) is 0 Å². The van der Waals surface area contributed by atoms with Crippen LogP contribution in [0.2, 0.25) is 5.02 Å². The highest BCUT2D eigenvalue weighted by Crippen LogP contribution is 2.31. The van der Waals surface area contributed by atoms with Crippen LogP contribution >= 0.6 is 11.6 Å². The molecular weight excluding hydrogens is 226 g/mol. The molecule has 0 saturated heterocycles. The van der Waals surface area contributed by atoms with E-state index in [0.717, 1.165) is 18.5 Å². The molecule has 5 heteroatoms. The van der Waals surface area contributed by atoms with Crippen LogP contribution in [0.15, 0.2) is 12.3 Å². The van der Waals surface area contributed by atoms with Gasteiger partial charge in [0.1, 0.15) is 0 Å². The summed E-state index contributed by atoms with van der Waals surface area (Å²) in [6, 6.07) is 0.150. The summed E-state index contributed by atoms with van der Waals surface area (Å²) in [5, 5.41) is 4.94. The topological polar surface area (TPSA) is 53.1 Å². The Labute approximate surface area is 100 Å². The van der Waals surface area contributed by atoms with Gasteiger partial charge in [0.15, 0.2) is 0 Å². The number of nitrogens with zero attached hydrogens (tertiary/aromatic N) is 2. The number of hydrogen-bond acceptors (Lipinski definition) is 3. The van der Waals surface area contributed by atoms with Crippen molar-refractivity contribution in [1.29, 1.82) is 0 Å². The number of methoxy groups -OCH3 is 1. The zero-order valence-electron chi connectivity index (χ0n) is 9.32. The zero-order chi connectivity index (χ0) is 11.5. The van der Waals surface area contributed by atoms with E-state index >= 15 is 0 Å². The maximum atomic E-state index is 6.15. The van der Waals surface area contributed by atoms with Crippen molar-refractivity contribution >= 4 is 17.2 Å². The summed E-state index contributed by atoms with van der Waals surface area (Å²) in [4.78, 5) is 0. The first-order chi connectivity index (χ1) is 7.72. The largest absolute Gasteiger partial charge is 0.383 e. The number of allylic oxidation sites excluding steroid dienone is 1. The summed E-state index contributed by atoms with van der Waals surface area (Å²) in [5.74, 6) is 0. The molecule has 0 aromatic carbocycles. The van der Waals surface area contributed by atoms with Crippen LogP contribution in [0, 0.1) is 0 Å². The Bertz CT molecular complexity index is 400. The quantitative estimate of drug-likeness (QED) is 0.873. The molecule has 1 aliphatic carbocycles. The lowest BCUT2D eigenvalue weighted by atomic mass is 10.1. The number of nitrogens with two attached hydrogens (primary N) is 1. The fraction of sp³-hybridized carbons (Fsp3) is 0.545. The fourth-order valence-electron chi connectivity index (χ4n) is 1.97. The van der Waals surface area contributed by atoms with Crippen molar-refractivity contribution < 1.29 is 4.74 Å². The molecule has 0 saturated carbocycles. The minimum absolute atomic E-state index is 0.150. The molecule has 16 heavy (non-hydrogen) atoms. The Kier molecular flexibility index (Phi) is 3.63. The van der Waals surface area contributed by atoms with Crippen molar-refractivity contribution in [2.24, 2.45) is 5.73 Å².